The second-order valence-corrected chi connectivity index (χ2v) is 24.6. The van der Waals surface area contributed by atoms with Crippen LogP contribution in [-0.2, 0) is 10.8 Å². The quantitative estimate of drug-likeness (QED) is 0.147. The van der Waals surface area contributed by atoms with Gasteiger partial charge >= 0.3 is 0 Å². The van der Waals surface area contributed by atoms with E-state index in [-0.39, 0.29) is 28.5 Å². The van der Waals surface area contributed by atoms with Crippen LogP contribution < -0.4 is 31.1 Å². The molecular weight excluding hydrogens is 930 g/mol. The highest BCUT2D eigenvalue weighted by atomic mass is 15.3. The van der Waals surface area contributed by atoms with E-state index in [0.717, 1.165) is 24.2 Å². The van der Waals surface area contributed by atoms with Crippen LogP contribution in [0, 0.1) is 5.41 Å². The van der Waals surface area contributed by atoms with E-state index >= 15 is 0 Å². The zero-order chi connectivity index (χ0) is 52.4. The van der Waals surface area contributed by atoms with Crippen LogP contribution in [0.2, 0.25) is 0 Å². The number of fused-ring (bicyclic) bond motifs is 7. The molecule has 0 N–H and O–H groups in total. The summed E-state index contributed by atoms with van der Waals surface area (Å²) in [4.78, 5) is 8.02. The summed E-state index contributed by atoms with van der Waals surface area (Å²) in [5.41, 5.74) is 25.8. The highest BCUT2D eigenvalue weighted by molar-refractivity contribution is 7.00. The first-order chi connectivity index (χ1) is 37.3. The predicted octanol–water partition coefficient (Wildman–Crippen LogP) is 17.7. The van der Waals surface area contributed by atoms with Gasteiger partial charge in [0, 0.05) is 50.9 Å². The van der Waals surface area contributed by atoms with Gasteiger partial charge in [-0.2, -0.15) is 0 Å². The lowest BCUT2D eigenvalue weighted by Crippen LogP contribution is -2.61. The lowest BCUT2D eigenvalue weighted by atomic mass is 9.33. The summed E-state index contributed by atoms with van der Waals surface area (Å²) in [5, 5.41) is 0. The molecular formula is C73H64BN3. The molecule has 374 valence electrons. The third-order valence-electron chi connectivity index (χ3n) is 18.0. The Hall–Kier alpha value is -8.34. The minimum atomic E-state index is -0.222. The fourth-order valence-electron chi connectivity index (χ4n) is 14.6. The van der Waals surface area contributed by atoms with E-state index in [1.807, 2.05) is 0 Å². The molecule has 3 heterocycles. The first kappa shape index (κ1) is 47.1. The zero-order valence-electron chi connectivity index (χ0n) is 45.3. The van der Waals surface area contributed by atoms with Gasteiger partial charge in [0.1, 0.15) is 0 Å². The van der Waals surface area contributed by atoms with Gasteiger partial charge in [0.05, 0.1) is 5.54 Å². The molecule has 10 aromatic carbocycles. The Bertz CT molecular complexity index is 3920. The van der Waals surface area contributed by atoms with E-state index in [4.69, 9.17) is 0 Å². The molecule has 77 heavy (non-hydrogen) atoms. The molecule has 3 nitrogen and oxygen atoms in total. The number of anilines is 8. The minimum absolute atomic E-state index is 0.0133. The van der Waals surface area contributed by atoms with Crippen molar-refractivity contribution in [3.8, 4) is 44.5 Å². The summed E-state index contributed by atoms with van der Waals surface area (Å²) in [6.07, 6.45) is 2.17. The molecule has 4 aliphatic rings. The van der Waals surface area contributed by atoms with Crippen LogP contribution in [0.3, 0.4) is 0 Å². The van der Waals surface area contributed by atoms with Gasteiger partial charge in [0.2, 0.25) is 0 Å². The van der Waals surface area contributed by atoms with Crippen LogP contribution in [-0.4, -0.2) is 12.3 Å². The first-order valence-corrected chi connectivity index (χ1v) is 27.7. The first-order valence-electron chi connectivity index (χ1n) is 27.7. The van der Waals surface area contributed by atoms with Gasteiger partial charge in [0.15, 0.2) is 0 Å². The maximum absolute atomic E-state index is 2.80. The molecule has 0 bridgehead atoms. The normalized spacial score (nSPS) is 18.6. The van der Waals surface area contributed by atoms with E-state index in [0.29, 0.717) is 0 Å². The van der Waals surface area contributed by atoms with Gasteiger partial charge in [-0.25, -0.2) is 0 Å². The summed E-state index contributed by atoms with van der Waals surface area (Å²) < 4.78 is 0. The Labute approximate surface area is 456 Å². The third kappa shape index (κ3) is 7.47. The summed E-state index contributed by atoms with van der Waals surface area (Å²) in [7, 11) is 0. The Morgan fingerprint density at radius 1 is 0.364 bits per heavy atom. The van der Waals surface area contributed by atoms with Crippen LogP contribution >= 0.6 is 0 Å². The number of rotatable bonds is 7. The van der Waals surface area contributed by atoms with Crippen molar-refractivity contribution in [2.75, 3.05) is 14.7 Å². The minimum Gasteiger partial charge on any atom is -0.334 e. The Kier molecular flexibility index (Phi) is 10.6. The standard InChI is InChI=1S/C73H64BN3/c1-70(2,3)57-35-40-64-61(44-57)72(6)47-71(4,5)48-73(72,7)77(64)60-45-67-69-68(46-60)76(59-30-20-29-54(41-59)50-23-14-9-15-24-50)66-43-56(52-27-18-11-19-28-52)33-38-62(66)74(69)63-42-55(51-25-16-10-17-26-51)34-39-65(63)75(67)58-36-31-53(32-37-58)49-21-12-8-13-22-49/h8-46H,47-48H2,1-7H3. The van der Waals surface area contributed by atoms with Crippen molar-refractivity contribution >= 4 is 68.6 Å². The number of nitrogens with zero attached hydrogens (tertiary/aromatic N) is 3. The zero-order valence-corrected chi connectivity index (χ0v) is 45.3. The van der Waals surface area contributed by atoms with E-state index < -0.39 is 0 Å². The molecule has 0 aromatic heterocycles. The van der Waals surface area contributed by atoms with Crippen molar-refractivity contribution in [3.63, 3.8) is 0 Å². The second kappa shape index (κ2) is 17.3. The number of hydrogen-bond acceptors (Lipinski definition) is 3. The van der Waals surface area contributed by atoms with Gasteiger partial charge < -0.3 is 14.7 Å². The fraction of sp³-hybridized carbons (Fsp3) is 0.178. The molecule has 0 spiro atoms. The van der Waals surface area contributed by atoms with Crippen molar-refractivity contribution in [2.24, 2.45) is 5.41 Å². The van der Waals surface area contributed by atoms with E-state index in [2.05, 4.69) is 300 Å². The smallest absolute Gasteiger partial charge is 0.252 e. The Morgan fingerprint density at radius 2 is 0.857 bits per heavy atom. The summed E-state index contributed by atoms with van der Waals surface area (Å²) in [6, 6.07) is 89.2. The second-order valence-electron chi connectivity index (χ2n) is 24.6. The van der Waals surface area contributed by atoms with Crippen molar-refractivity contribution in [3.05, 3.63) is 248 Å². The topological polar surface area (TPSA) is 9.72 Å². The predicted molar refractivity (Wildman–Crippen MR) is 328 cm³/mol. The van der Waals surface area contributed by atoms with E-state index in [1.165, 1.54) is 106 Å². The van der Waals surface area contributed by atoms with Crippen LogP contribution in [0.5, 0.6) is 0 Å². The molecule has 1 fully saturated rings. The number of benzene rings is 10. The van der Waals surface area contributed by atoms with Crippen LogP contribution in [0.25, 0.3) is 44.5 Å². The Morgan fingerprint density at radius 3 is 1.45 bits per heavy atom. The average molecular weight is 994 g/mol. The molecule has 0 amide bonds. The van der Waals surface area contributed by atoms with Gasteiger partial charge in [-0.05, 0) is 157 Å². The van der Waals surface area contributed by atoms with Gasteiger partial charge in [0.25, 0.3) is 6.71 Å². The molecule has 1 aliphatic carbocycles. The van der Waals surface area contributed by atoms with Crippen molar-refractivity contribution in [1.82, 2.24) is 0 Å². The molecule has 10 aromatic rings. The summed E-state index contributed by atoms with van der Waals surface area (Å²) >= 11 is 0. The molecule has 14 rings (SSSR count). The average Bonchev–Trinajstić information content (AvgIpc) is 3.58. The maximum atomic E-state index is 2.80. The molecule has 0 radical (unpaired) electrons. The van der Waals surface area contributed by atoms with Gasteiger partial charge in [-0.3, -0.25) is 0 Å². The Balaban J connectivity index is 1.10. The third-order valence-corrected chi connectivity index (χ3v) is 18.0. The molecule has 4 heteroatoms. The lowest BCUT2D eigenvalue weighted by molar-refractivity contribution is 0.330. The molecule has 0 saturated heterocycles. The largest absolute Gasteiger partial charge is 0.334 e. The lowest BCUT2D eigenvalue weighted by Gasteiger charge is -2.47. The van der Waals surface area contributed by atoms with Gasteiger partial charge in [-0.15, -0.1) is 0 Å². The maximum Gasteiger partial charge on any atom is 0.252 e. The highest BCUT2D eigenvalue weighted by Gasteiger charge is 2.64. The van der Waals surface area contributed by atoms with Crippen molar-refractivity contribution in [1.29, 1.82) is 0 Å². The van der Waals surface area contributed by atoms with Crippen LogP contribution in [0.1, 0.15) is 72.4 Å². The SMILES string of the molecule is CC1(C)CC2(C)c3cc(C(C)(C)C)ccc3N(c3cc4c5c(c3)N(c3cccc(-c6ccccc6)c3)c3cc(-c6ccccc6)ccc3B5c3cc(-c5ccccc5)ccc3N4c3ccc(-c4ccccc4)cc3)C2(C)C1. The monoisotopic (exact) mass is 994 g/mol. The van der Waals surface area contributed by atoms with Crippen molar-refractivity contribution < 1.29 is 0 Å². The van der Waals surface area contributed by atoms with Crippen molar-refractivity contribution in [2.45, 2.75) is 77.7 Å². The molecule has 2 atom stereocenters. The molecule has 3 aliphatic heterocycles. The molecule has 2 unspecified atom stereocenters. The summed E-state index contributed by atoms with van der Waals surface area (Å²) in [5.74, 6) is 0. The molecule has 1 saturated carbocycles. The highest BCUT2D eigenvalue weighted by Crippen LogP contribution is 2.67. The van der Waals surface area contributed by atoms with E-state index in [1.54, 1.807) is 0 Å². The van der Waals surface area contributed by atoms with Crippen LogP contribution in [0.15, 0.2) is 237 Å². The van der Waals surface area contributed by atoms with Crippen LogP contribution in [0.4, 0.5) is 45.5 Å². The van der Waals surface area contributed by atoms with E-state index in [9.17, 15) is 0 Å². The fourth-order valence-corrected chi connectivity index (χ4v) is 14.6. The van der Waals surface area contributed by atoms with Gasteiger partial charge in [-0.1, -0.05) is 224 Å². The summed E-state index contributed by atoms with van der Waals surface area (Å²) in [6.45, 7) is 17.2. The number of hydrogen-bond donors (Lipinski definition) is 0.